The van der Waals surface area contributed by atoms with Crippen molar-refractivity contribution < 1.29 is 14.9 Å². The van der Waals surface area contributed by atoms with Crippen molar-refractivity contribution in [3.05, 3.63) is 22.7 Å². The van der Waals surface area contributed by atoms with Gasteiger partial charge in [0.15, 0.2) is 0 Å². The molecule has 0 amide bonds. The Morgan fingerprint density at radius 3 is 2.89 bits per heavy atom. The molecule has 1 saturated carbocycles. The lowest BCUT2D eigenvalue weighted by molar-refractivity contribution is -0.0490. The number of ether oxygens (including phenoxy) is 1. The third-order valence-electron chi connectivity index (χ3n) is 3.85. The van der Waals surface area contributed by atoms with E-state index in [0.717, 1.165) is 12.8 Å². The molecule has 2 aliphatic rings. The molecule has 98 valence electrons. The van der Waals surface area contributed by atoms with Crippen LogP contribution in [0.2, 0.25) is 0 Å². The van der Waals surface area contributed by atoms with Crippen molar-refractivity contribution >= 4 is 5.82 Å². The second kappa shape index (κ2) is 3.78. The molecule has 3 atom stereocenters. The Morgan fingerprint density at radius 2 is 2.33 bits per heavy atom. The highest BCUT2D eigenvalue weighted by Crippen LogP contribution is 2.62. The fourth-order valence-corrected chi connectivity index (χ4v) is 2.67. The van der Waals surface area contributed by atoms with Crippen LogP contribution in [-0.4, -0.2) is 38.6 Å². The maximum Gasteiger partial charge on any atom is 0.351 e. The molecule has 7 heteroatoms. The lowest BCUT2D eigenvalue weighted by atomic mass is 9.96. The van der Waals surface area contributed by atoms with E-state index >= 15 is 0 Å². The number of hydrogen-bond donors (Lipinski definition) is 3. The van der Waals surface area contributed by atoms with Crippen LogP contribution in [0.3, 0.4) is 0 Å². The predicted octanol–water partition coefficient (Wildman–Crippen LogP) is -1.14. The van der Waals surface area contributed by atoms with Crippen LogP contribution >= 0.6 is 0 Å². The van der Waals surface area contributed by atoms with E-state index in [9.17, 15) is 9.90 Å². The van der Waals surface area contributed by atoms with Crippen LogP contribution in [0.4, 0.5) is 5.82 Å². The first kappa shape index (κ1) is 11.6. The molecular formula is C11H15N3O4. The van der Waals surface area contributed by atoms with E-state index in [2.05, 4.69) is 4.98 Å². The predicted molar refractivity (Wildman–Crippen MR) is 61.6 cm³/mol. The minimum atomic E-state index is -0.753. The van der Waals surface area contributed by atoms with Gasteiger partial charge in [-0.2, -0.15) is 4.98 Å². The zero-order valence-electron chi connectivity index (χ0n) is 9.69. The average molecular weight is 253 g/mol. The molecule has 1 aliphatic carbocycles. The van der Waals surface area contributed by atoms with Gasteiger partial charge in [0.1, 0.15) is 18.1 Å². The molecule has 1 aliphatic heterocycles. The lowest BCUT2D eigenvalue weighted by Gasteiger charge is -2.20. The van der Waals surface area contributed by atoms with Crippen LogP contribution in [0.5, 0.6) is 0 Å². The van der Waals surface area contributed by atoms with Crippen molar-refractivity contribution in [1.82, 2.24) is 9.55 Å². The summed E-state index contributed by atoms with van der Waals surface area (Å²) in [4.78, 5) is 15.4. The van der Waals surface area contributed by atoms with Crippen molar-refractivity contribution in [2.45, 2.75) is 31.3 Å². The highest BCUT2D eigenvalue weighted by Gasteiger charge is 2.64. The quantitative estimate of drug-likeness (QED) is 0.614. The van der Waals surface area contributed by atoms with Crippen LogP contribution in [0.1, 0.15) is 19.1 Å². The number of rotatable bonds is 2. The minimum absolute atomic E-state index is 0.151. The monoisotopic (exact) mass is 253 g/mol. The van der Waals surface area contributed by atoms with E-state index in [0.29, 0.717) is 0 Å². The van der Waals surface area contributed by atoms with Gasteiger partial charge in [0.2, 0.25) is 0 Å². The summed E-state index contributed by atoms with van der Waals surface area (Å²) in [6, 6.07) is 1.51. The molecule has 1 spiro atoms. The SMILES string of the molecule is Nc1ccn([C@@H]2O[C@H](CO)[C@@H](O)C23CC3)c(=O)n1. The summed E-state index contributed by atoms with van der Waals surface area (Å²) >= 11 is 0. The zero-order chi connectivity index (χ0) is 12.9. The van der Waals surface area contributed by atoms with E-state index < -0.39 is 29.5 Å². The second-order valence-electron chi connectivity index (χ2n) is 4.93. The Morgan fingerprint density at radius 1 is 1.61 bits per heavy atom. The summed E-state index contributed by atoms with van der Waals surface area (Å²) in [6.45, 7) is -0.267. The second-order valence-corrected chi connectivity index (χ2v) is 4.93. The molecule has 0 bridgehead atoms. The third-order valence-corrected chi connectivity index (χ3v) is 3.85. The number of hydrogen-bond acceptors (Lipinski definition) is 6. The van der Waals surface area contributed by atoms with E-state index in [1.165, 1.54) is 16.8 Å². The minimum Gasteiger partial charge on any atom is -0.394 e. The van der Waals surface area contributed by atoms with Gasteiger partial charge in [0, 0.05) is 11.6 Å². The number of nitrogens with two attached hydrogens (primary N) is 1. The van der Waals surface area contributed by atoms with Gasteiger partial charge in [-0.25, -0.2) is 4.79 Å². The molecule has 0 radical (unpaired) electrons. The Bertz CT molecular complexity index is 525. The number of nitrogen functional groups attached to an aromatic ring is 1. The number of anilines is 1. The van der Waals surface area contributed by atoms with E-state index in [-0.39, 0.29) is 12.4 Å². The molecule has 18 heavy (non-hydrogen) atoms. The fraction of sp³-hybridized carbons (Fsp3) is 0.636. The van der Waals surface area contributed by atoms with Crippen molar-refractivity contribution in [1.29, 1.82) is 0 Å². The zero-order valence-corrected chi connectivity index (χ0v) is 9.69. The van der Waals surface area contributed by atoms with Gasteiger partial charge in [-0.05, 0) is 18.9 Å². The van der Waals surface area contributed by atoms with Crippen LogP contribution in [0.15, 0.2) is 17.1 Å². The Labute approximate surface area is 103 Å². The maximum absolute atomic E-state index is 11.8. The molecule has 3 rings (SSSR count). The van der Waals surface area contributed by atoms with Gasteiger partial charge in [0.25, 0.3) is 0 Å². The Balaban J connectivity index is 2.00. The third kappa shape index (κ3) is 1.48. The molecule has 4 N–H and O–H groups in total. The number of aromatic nitrogens is 2. The van der Waals surface area contributed by atoms with Crippen molar-refractivity contribution in [2.75, 3.05) is 12.3 Å². The van der Waals surface area contributed by atoms with Crippen LogP contribution in [-0.2, 0) is 4.74 Å². The van der Waals surface area contributed by atoms with Gasteiger partial charge < -0.3 is 20.7 Å². The molecule has 0 unspecified atom stereocenters. The summed E-state index contributed by atoms with van der Waals surface area (Å²) in [5.74, 6) is 0.151. The molecule has 1 saturated heterocycles. The number of aliphatic hydroxyl groups is 2. The number of nitrogens with zero attached hydrogens (tertiary/aromatic N) is 2. The molecule has 1 aromatic rings. The first-order chi connectivity index (χ1) is 8.58. The normalized spacial score (nSPS) is 32.9. The number of aliphatic hydroxyl groups excluding tert-OH is 2. The van der Waals surface area contributed by atoms with E-state index in [4.69, 9.17) is 15.6 Å². The summed E-state index contributed by atoms with van der Waals surface area (Å²) in [7, 11) is 0. The molecule has 2 fully saturated rings. The standard InChI is InChI=1S/C11H15N3O4/c12-7-1-4-14(10(17)13-7)9-11(2-3-11)8(16)6(5-15)18-9/h1,4,6,8-9,15-16H,2-3,5H2,(H2,12,13,17)/t6-,8-,9-/m1/s1. The summed E-state index contributed by atoms with van der Waals surface area (Å²) in [6.07, 6.45) is 1.07. The van der Waals surface area contributed by atoms with Crippen molar-refractivity contribution in [3.63, 3.8) is 0 Å². The molecule has 2 heterocycles. The average Bonchev–Trinajstić information content (AvgIpc) is 3.07. The summed E-state index contributed by atoms with van der Waals surface area (Å²) in [5.41, 5.74) is 4.47. The lowest BCUT2D eigenvalue weighted by Crippen LogP contribution is -2.33. The molecule has 7 nitrogen and oxygen atoms in total. The van der Waals surface area contributed by atoms with Crippen LogP contribution < -0.4 is 11.4 Å². The van der Waals surface area contributed by atoms with E-state index in [1.54, 1.807) is 0 Å². The fourth-order valence-electron chi connectivity index (χ4n) is 2.67. The molecule has 0 aromatic carbocycles. The van der Waals surface area contributed by atoms with Gasteiger partial charge in [-0.15, -0.1) is 0 Å². The largest absolute Gasteiger partial charge is 0.394 e. The van der Waals surface area contributed by atoms with Crippen molar-refractivity contribution in [3.8, 4) is 0 Å². The van der Waals surface area contributed by atoms with Crippen molar-refractivity contribution in [2.24, 2.45) is 5.41 Å². The Hall–Kier alpha value is -1.44. The maximum atomic E-state index is 11.8. The van der Waals surface area contributed by atoms with Crippen LogP contribution in [0, 0.1) is 5.41 Å². The smallest absolute Gasteiger partial charge is 0.351 e. The van der Waals surface area contributed by atoms with Gasteiger partial charge in [0.05, 0.1) is 12.7 Å². The highest BCUT2D eigenvalue weighted by molar-refractivity contribution is 5.24. The first-order valence-electron chi connectivity index (χ1n) is 5.87. The molecular weight excluding hydrogens is 238 g/mol. The highest BCUT2D eigenvalue weighted by atomic mass is 16.5. The van der Waals surface area contributed by atoms with Gasteiger partial charge in [-0.3, -0.25) is 4.57 Å². The first-order valence-corrected chi connectivity index (χ1v) is 5.87. The molecule has 1 aromatic heterocycles. The van der Waals surface area contributed by atoms with E-state index in [1.807, 2.05) is 0 Å². The Kier molecular flexibility index (Phi) is 2.44. The topological polar surface area (TPSA) is 111 Å². The van der Waals surface area contributed by atoms with Gasteiger partial charge >= 0.3 is 5.69 Å². The van der Waals surface area contributed by atoms with Gasteiger partial charge in [-0.1, -0.05) is 0 Å². The summed E-state index contributed by atoms with van der Waals surface area (Å²) < 4.78 is 6.93. The summed E-state index contributed by atoms with van der Waals surface area (Å²) in [5, 5.41) is 19.3. The van der Waals surface area contributed by atoms with Crippen LogP contribution in [0.25, 0.3) is 0 Å².